The molecule has 1 saturated carbocycles. The Hall–Kier alpha value is -1.28. The van der Waals surface area contributed by atoms with Crippen molar-refractivity contribution in [2.75, 3.05) is 12.3 Å². The van der Waals surface area contributed by atoms with Gasteiger partial charge in [0.2, 0.25) is 0 Å². The van der Waals surface area contributed by atoms with E-state index in [0.29, 0.717) is 28.7 Å². The molecule has 1 aromatic carbocycles. The number of hydrogen-bond acceptors (Lipinski definition) is 4. The van der Waals surface area contributed by atoms with Gasteiger partial charge < -0.3 is 16.2 Å². The summed E-state index contributed by atoms with van der Waals surface area (Å²) < 4.78 is 0. The molecule has 1 unspecified atom stereocenters. The molecule has 0 bridgehead atoms. The van der Waals surface area contributed by atoms with Crippen LogP contribution in [0.1, 0.15) is 36.5 Å². The molecule has 1 fully saturated rings. The maximum atomic E-state index is 10.1. The minimum Gasteiger partial charge on any atom is -0.396 e. The van der Waals surface area contributed by atoms with Gasteiger partial charge in [-0.1, -0.05) is 18.0 Å². The lowest BCUT2D eigenvalue weighted by atomic mass is 9.93. The van der Waals surface area contributed by atoms with E-state index in [2.05, 4.69) is 5.32 Å². The molecular formula is C13H16ClN3O. The minimum atomic E-state index is -0.671. The van der Waals surface area contributed by atoms with E-state index in [1.54, 1.807) is 12.1 Å². The molecule has 96 valence electrons. The number of nitriles is 1. The number of nitrogen functional groups attached to an aromatic ring is 1. The molecule has 0 aliphatic heterocycles. The van der Waals surface area contributed by atoms with Crippen LogP contribution in [0.4, 0.5) is 5.69 Å². The van der Waals surface area contributed by atoms with E-state index >= 15 is 0 Å². The van der Waals surface area contributed by atoms with Gasteiger partial charge in [-0.25, -0.2) is 0 Å². The average Bonchev–Trinajstić information content (AvgIpc) is 2.30. The molecule has 1 aliphatic carbocycles. The number of nitrogens with two attached hydrogens (primary N) is 1. The van der Waals surface area contributed by atoms with Crippen LogP contribution >= 0.6 is 11.6 Å². The monoisotopic (exact) mass is 265 g/mol. The smallest absolute Gasteiger partial charge is 0.101 e. The van der Waals surface area contributed by atoms with E-state index < -0.39 is 6.10 Å². The summed E-state index contributed by atoms with van der Waals surface area (Å²) in [5.74, 6) is 0. The molecule has 0 radical (unpaired) electrons. The van der Waals surface area contributed by atoms with Crippen LogP contribution < -0.4 is 11.1 Å². The minimum absolute atomic E-state index is 0.266. The number of nitrogens with zero attached hydrogens (tertiary/aromatic N) is 1. The lowest BCUT2D eigenvalue weighted by molar-refractivity contribution is 0.161. The van der Waals surface area contributed by atoms with Crippen molar-refractivity contribution in [3.63, 3.8) is 0 Å². The Morgan fingerprint density at radius 1 is 1.56 bits per heavy atom. The molecule has 0 saturated heterocycles. The topological polar surface area (TPSA) is 82.1 Å². The third-order valence-corrected chi connectivity index (χ3v) is 3.67. The maximum absolute atomic E-state index is 10.1. The maximum Gasteiger partial charge on any atom is 0.101 e. The molecule has 0 amide bonds. The Morgan fingerprint density at radius 2 is 2.28 bits per heavy atom. The van der Waals surface area contributed by atoms with E-state index in [0.717, 1.165) is 0 Å². The van der Waals surface area contributed by atoms with E-state index in [4.69, 9.17) is 22.6 Å². The van der Waals surface area contributed by atoms with Crippen molar-refractivity contribution in [2.45, 2.75) is 31.4 Å². The number of halogens is 1. The van der Waals surface area contributed by atoms with Crippen LogP contribution in [0.2, 0.25) is 5.02 Å². The number of anilines is 1. The van der Waals surface area contributed by atoms with Crippen LogP contribution in [0.25, 0.3) is 0 Å². The summed E-state index contributed by atoms with van der Waals surface area (Å²) >= 11 is 5.94. The van der Waals surface area contributed by atoms with Crippen LogP contribution in [0.3, 0.4) is 0 Å². The zero-order chi connectivity index (χ0) is 13.1. The fourth-order valence-corrected chi connectivity index (χ4v) is 2.16. The summed E-state index contributed by atoms with van der Waals surface area (Å²) in [4.78, 5) is 0. The van der Waals surface area contributed by atoms with Crippen LogP contribution in [0.15, 0.2) is 12.1 Å². The number of benzene rings is 1. The predicted octanol–water partition coefficient (Wildman–Crippen LogP) is 1.97. The quantitative estimate of drug-likeness (QED) is 0.727. The second kappa shape index (κ2) is 5.57. The van der Waals surface area contributed by atoms with E-state index in [9.17, 15) is 5.11 Å². The predicted molar refractivity (Wildman–Crippen MR) is 71.2 cm³/mol. The van der Waals surface area contributed by atoms with Crippen molar-refractivity contribution >= 4 is 17.3 Å². The molecular weight excluding hydrogens is 250 g/mol. The zero-order valence-electron chi connectivity index (χ0n) is 9.99. The highest BCUT2D eigenvalue weighted by molar-refractivity contribution is 6.33. The van der Waals surface area contributed by atoms with Crippen molar-refractivity contribution < 1.29 is 5.11 Å². The molecule has 1 aliphatic rings. The van der Waals surface area contributed by atoms with E-state index in [1.807, 2.05) is 6.07 Å². The van der Waals surface area contributed by atoms with Gasteiger partial charge in [0.15, 0.2) is 0 Å². The first kappa shape index (κ1) is 13.2. The fourth-order valence-electron chi connectivity index (χ4n) is 1.93. The molecule has 1 atom stereocenters. The fraction of sp³-hybridized carbons (Fsp3) is 0.462. The molecule has 4 N–H and O–H groups in total. The number of nitrogens with one attached hydrogen (secondary N) is 1. The summed E-state index contributed by atoms with van der Waals surface area (Å²) in [6.07, 6.45) is 2.91. The number of aliphatic hydroxyl groups is 1. The highest BCUT2D eigenvalue weighted by atomic mass is 35.5. The highest BCUT2D eigenvalue weighted by Gasteiger charge is 2.19. The third-order valence-electron chi connectivity index (χ3n) is 3.36. The van der Waals surface area contributed by atoms with Gasteiger partial charge in [-0.15, -0.1) is 0 Å². The first-order valence-electron chi connectivity index (χ1n) is 6.02. The van der Waals surface area contributed by atoms with Gasteiger partial charge in [-0.2, -0.15) is 5.26 Å². The van der Waals surface area contributed by atoms with E-state index in [-0.39, 0.29) is 5.69 Å². The van der Waals surface area contributed by atoms with Crippen LogP contribution in [-0.4, -0.2) is 17.7 Å². The lowest BCUT2D eigenvalue weighted by Crippen LogP contribution is -2.37. The summed E-state index contributed by atoms with van der Waals surface area (Å²) in [6.45, 7) is 0.468. The molecule has 0 heterocycles. The van der Waals surface area contributed by atoms with Crippen molar-refractivity contribution in [3.05, 3.63) is 28.3 Å². The molecule has 0 spiro atoms. The van der Waals surface area contributed by atoms with Crippen LogP contribution in [0.5, 0.6) is 0 Å². The Labute approximate surface area is 111 Å². The normalized spacial score (nSPS) is 16.9. The molecule has 0 aromatic heterocycles. The third kappa shape index (κ3) is 2.75. The van der Waals surface area contributed by atoms with Crippen LogP contribution in [-0.2, 0) is 0 Å². The first-order valence-corrected chi connectivity index (χ1v) is 6.40. The molecule has 18 heavy (non-hydrogen) atoms. The molecule has 4 nitrogen and oxygen atoms in total. The molecule has 2 rings (SSSR count). The van der Waals surface area contributed by atoms with Gasteiger partial charge in [0, 0.05) is 12.6 Å². The van der Waals surface area contributed by atoms with Crippen molar-refractivity contribution in [1.29, 1.82) is 5.26 Å². The largest absolute Gasteiger partial charge is 0.396 e. The summed E-state index contributed by atoms with van der Waals surface area (Å²) in [5.41, 5.74) is 6.86. The van der Waals surface area contributed by atoms with Gasteiger partial charge in [0.05, 0.1) is 22.4 Å². The average molecular weight is 266 g/mol. The number of rotatable bonds is 4. The van der Waals surface area contributed by atoms with Gasteiger partial charge in [0.25, 0.3) is 0 Å². The Morgan fingerprint density at radius 3 is 2.83 bits per heavy atom. The summed E-state index contributed by atoms with van der Waals surface area (Å²) in [7, 11) is 0. The first-order chi connectivity index (χ1) is 8.61. The van der Waals surface area contributed by atoms with Crippen molar-refractivity contribution in [1.82, 2.24) is 5.32 Å². The molecule has 1 aromatic rings. The number of aliphatic hydroxyl groups excluding tert-OH is 1. The SMILES string of the molecule is N#Cc1cc(C(O)CNC2CCC2)cc(Cl)c1N. The Bertz CT molecular complexity index is 480. The second-order valence-electron chi connectivity index (χ2n) is 4.63. The summed E-state index contributed by atoms with van der Waals surface area (Å²) in [6, 6.07) is 5.70. The second-order valence-corrected chi connectivity index (χ2v) is 5.03. The van der Waals surface area contributed by atoms with Gasteiger partial charge >= 0.3 is 0 Å². The van der Waals surface area contributed by atoms with Crippen molar-refractivity contribution in [2.24, 2.45) is 0 Å². The summed E-state index contributed by atoms with van der Waals surface area (Å²) in [5, 5.41) is 22.6. The zero-order valence-corrected chi connectivity index (χ0v) is 10.7. The lowest BCUT2D eigenvalue weighted by Gasteiger charge is -2.27. The van der Waals surface area contributed by atoms with Gasteiger partial charge in [0.1, 0.15) is 6.07 Å². The Balaban J connectivity index is 2.07. The number of hydrogen-bond donors (Lipinski definition) is 3. The van der Waals surface area contributed by atoms with Crippen molar-refractivity contribution in [3.8, 4) is 6.07 Å². The molecule has 5 heteroatoms. The van der Waals surface area contributed by atoms with Gasteiger partial charge in [-0.3, -0.25) is 0 Å². The Kier molecular flexibility index (Phi) is 4.07. The van der Waals surface area contributed by atoms with E-state index in [1.165, 1.54) is 19.3 Å². The van der Waals surface area contributed by atoms with Crippen LogP contribution in [0, 0.1) is 11.3 Å². The van der Waals surface area contributed by atoms with Gasteiger partial charge in [-0.05, 0) is 30.5 Å². The standard InChI is InChI=1S/C13H16ClN3O/c14-11-5-8(4-9(6-15)13(11)16)12(18)7-17-10-2-1-3-10/h4-5,10,12,17-18H,1-3,7,16H2. The highest BCUT2D eigenvalue weighted by Crippen LogP contribution is 2.27.